The average Bonchev–Trinajstić information content (AvgIpc) is 2.24. The van der Waals surface area contributed by atoms with Gasteiger partial charge in [-0.15, -0.1) is 0 Å². The third kappa shape index (κ3) is 2.32. The van der Waals surface area contributed by atoms with E-state index >= 15 is 0 Å². The third-order valence-corrected chi connectivity index (χ3v) is 3.53. The van der Waals surface area contributed by atoms with Crippen LogP contribution in [-0.2, 0) is 9.53 Å². The average molecular weight is 213 g/mol. The standard InChI is InChI=1S/C11H19NO3/c13-8-11(4-2-5-11)12-10(14)9-3-1-6-15-7-9/h9,13H,1-8H2,(H,12,14). The van der Waals surface area contributed by atoms with Gasteiger partial charge in [-0.1, -0.05) is 0 Å². The zero-order valence-electron chi connectivity index (χ0n) is 9.00. The minimum atomic E-state index is -0.311. The molecule has 1 unspecified atom stereocenters. The molecule has 1 saturated carbocycles. The molecule has 0 spiro atoms. The van der Waals surface area contributed by atoms with E-state index in [-0.39, 0.29) is 24.0 Å². The molecule has 1 aliphatic heterocycles. The molecule has 2 rings (SSSR count). The second-order valence-electron chi connectivity index (χ2n) is 4.70. The monoisotopic (exact) mass is 213 g/mol. The summed E-state index contributed by atoms with van der Waals surface area (Å²) >= 11 is 0. The number of aliphatic hydroxyl groups is 1. The van der Waals surface area contributed by atoms with E-state index in [1.165, 1.54) is 0 Å². The molecule has 1 aliphatic carbocycles. The van der Waals surface area contributed by atoms with Gasteiger partial charge in [-0.3, -0.25) is 4.79 Å². The van der Waals surface area contributed by atoms with Gasteiger partial charge in [-0.2, -0.15) is 0 Å². The fraction of sp³-hybridized carbons (Fsp3) is 0.909. The summed E-state index contributed by atoms with van der Waals surface area (Å²) in [6, 6.07) is 0. The first-order chi connectivity index (χ1) is 7.26. The normalized spacial score (nSPS) is 29.3. The molecule has 86 valence electrons. The summed E-state index contributed by atoms with van der Waals surface area (Å²) in [4.78, 5) is 11.9. The highest BCUT2D eigenvalue weighted by Crippen LogP contribution is 2.31. The molecule has 0 aromatic heterocycles. The molecular weight excluding hydrogens is 194 g/mol. The Morgan fingerprint density at radius 2 is 2.27 bits per heavy atom. The van der Waals surface area contributed by atoms with Crippen LogP contribution in [0.15, 0.2) is 0 Å². The molecule has 4 heteroatoms. The lowest BCUT2D eigenvalue weighted by Gasteiger charge is -2.42. The Bertz CT molecular complexity index is 226. The number of amides is 1. The fourth-order valence-electron chi connectivity index (χ4n) is 2.24. The number of carbonyl (C=O) groups is 1. The van der Waals surface area contributed by atoms with Crippen LogP contribution < -0.4 is 5.32 Å². The van der Waals surface area contributed by atoms with Crippen LogP contribution in [0.2, 0.25) is 0 Å². The largest absolute Gasteiger partial charge is 0.394 e. The van der Waals surface area contributed by atoms with Gasteiger partial charge in [-0.25, -0.2) is 0 Å². The van der Waals surface area contributed by atoms with Crippen LogP contribution in [0, 0.1) is 5.92 Å². The topological polar surface area (TPSA) is 58.6 Å². The van der Waals surface area contributed by atoms with Gasteiger partial charge < -0.3 is 15.2 Å². The molecule has 2 aliphatic rings. The fourth-order valence-corrected chi connectivity index (χ4v) is 2.24. The highest BCUT2D eigenvalue weighted by molar-refractivity contribution is 5.79. The van der Waals surface area contributed by atoms with Crippen molar-refractivity contribution in [3.05, 3.63) is 0 Å². The number of hydrogen-bond donors (Lipinski definition) is 2. The van der Waals surface area contributed by atoms with Crippen molar-refractivity contribution in [2.24, 2.45) is 5.92 Å². The number of rotatable bonds is 3. The quantitative estimate of drug-likeness (QED) is 0.715. The van der Waals surface area contributed by atoms with Gasteiger partial charge in [0.2, 0.25) is 5.91 Å². The van der Waals surface area contributed by atoms with E-state index in [4.69, 9.17) is 4.74 Å². The number of hydrogen-bond acceptors (Lipinski definition) is 3. The first-order valence-corrected chi connectivity index (χ1v) is 5.76. The first kappa shape index (κ1) is 10.9. The smallest absolute Gasteiger partial charge is 0.225 e. The zero-order valence-corrected chi connectivity index (χ0v) is 9.00. The van der Waals surface area contributed by atoms with E-state index in [0.29, 0.717) is 6.61 Å². The van der Waals surface area contributed by atoms with Crippen LogP contribution in [0.3, 0.4) is 0 Å². The maximum absolute atomic E-state index is 11.9. The van der Waals surface area contributed by atoms with Crippen molar-refractivity contribution in [2.45, 2.75) is 37.6 Å². The van der Waals surface area contributed by atoms with Crippen LogP contribution in [0.5, 0.6) is 0 Å². The van der Waals surface area contributed by atoms with Crippen molar-refractivity contribution in [3.63, 3.8) is 0 Å². The molecule has 0 aromatic rings. The van der Waals surface area contributed by atoms with Gasteiger partial charge in [0.15, 0.2) is 0 Å². The second kappa shape index (κ2) is 4.49. The maximum atomic E-state index is 11.9. The summed E-state index contributed by atoms with van der Waals surface area (Å²) in [5, 5.41) is 12.2. The highest BCUT2D eigenvalue weighted by atomic mass is 16.5. The lowest BCUT2D eigenvalue weighted by Crippen LogP contribution is -2.58. The minimum Gasteiger partial charge on any atom is -0.394 e. The number of ether oxygens (including phenoxy) is 1. The van der Waals surface area contributed by atoms with Gasteiger partial charge in [-0.05, 0) is 32.1 Å². The van der Waals surface area contributed by atoms with Crippen LogP contribution in [0.4, 0.5) is 0 Å². The van der Waals surface area contributed by atoms with E-state index in [9.17, 15) is 9.90 Å². The SMILES string of the molecule is O=C(NC1(CO)CCC1)C1CCCOC1. The van der Waals surface area contributed by atoms with Crippen molar-refractivity contribution in [3.8, 4) is 0 Å². The van der Waals surface area contributed by atoms with Gasteiger partial charge >= 0.3 is 0 Å². The van der Waals surface area contributed by atoms with Crippen LogP contribution >= 0.6 is 0 Å². The Morgan fingerprint density at radius 3 is 2.73 bits per heavy atom. The molecule has 2 N–H and O–H groups in total. The van der Waals surface area contributed by atoms with Crippen molar-refractivity contribution in [2.75, 3.05) is 19.8 Å². The molecular formula is C11H19NO3. The molecule has 1 saturated heterocycles. The molecule has 0 radical (unpaired) electrons. The summed E-state index contributed by atoms with van der Waals surface area (Å²) in [6.07, 6.45) is 4.78. The first-order valence-electron chi connectivity index (χ1n) is 5.76. The summed E-state index contributed by atoms with van der Waals surface area (Å²) < 4.78 is 5.28. The highest BCUT2D eigenvalue weighted by Gasteiger charge is 2.39. The summed E-state index contributed by atoms with van der Waals surface area (Å²) in [5.41, 5.74) is -0.311. The second-order valence-corrected chi connectivity index (χ2v) is 4.70. The lowest BCUT2D eigenvalue weighted by atomic mass is 9.77. The van der Waals surface area contributed by atoms with Crippen molar-refractivity contribution < 1.29 is 14.6 Å². The van der Waals surface area contributed by atoms with E-state index < -0.39 is 0 Å². The van der Waals surface area contributed by atoms with Crippen molar-refractivity contribution in [1.82, 2.24) is 5.32 Å². The van der Waals surface area contributed by atoms with Gasteiger partial charge in [0.05, 0.1) is 24.7 Å². The minimum absolute atomic E-state index is 0.0113. The van der Waals surface area contributed by atoms with E-state index in [0.717, 1.165) is 38.7 Å². The van der Waals surface area contributed by atoms with Crippen molar-refractivity contribution >= 4 is 5.91 Å². The van der Waals surface area contributed by atoms with E-state index in [1.54, 1.807) is 0 Å². The Kier molecular flexibility index (Phi) is 3.26. The number of carbonyl (C=O) groups excluding carboxylic acids is 1. The number of aliphatic hydroxyl groups excluding tert-OH is 1. The molecule has 2 fully saturated rings. The number of nitrogens with one attached hydrogen (secondary N) is 1. The van der Waals surface area contributed by atoms with E-state index in [2.05, 4.69) is 5.32 Å². The molecule has 0 aromatic carbocycles. The Labute approximate surface area is 90.0 Å². The predicted molar refractivity (Wildman–Crippen MR) is 55.4 cm³/mol. The summed E-state index contributed by atoms with van der Waals surface area (Å²) in [5.74, 6) is 0.0474. The van der Waals surface area contributed by atoms with Crippen LogP contribution in [0.1, 0.15) is 32.1 Å². The molecule has 4 nitrogen and oxygen atoms in total. The van der Waals surface area contributed by atoms with Gasteiger partial charge in [0.1, 0.15) is 0 Å². The Balaban J connectivity index is 1.85. The third-order valence-electron chi connectivity index (χ3n) is 3.53. The lowest BCUT2D eigenvalue weighted by molar-refractivity contribution is -0.133. The van der Waals surface area contributed by atoms with E-state index in [1.807, 2.05) is 0 Å². The summed E-state index contributed by atoms with van der Waals surface area (Å²) in [6.45, 7) is 1.37. The molecule has 15 heavy (non-hydrogen) atoms. The molecule has 0 bridgehead atoms. The van der Waals surface area contributed by atoms with Crippen LogP contribution in [-0.4, -0.2) is 36.4 Å². The molecule has 1 heterocycles. The summed E-state index contributed by atoms with van der Waals surface area (Å²) in [7, 11) is 0. The Hall–Kier alpha value is -0.610. The predicted octanol–water partition coefficient (Wildman–Crippen LogP) is 0.444. The zero-order chi connectivity index (χ0) is 10.7. The molecule has 1 amide bonds. The molecule has 1 atom stereocenters. The maximum Gasteiger partial charge on any atom is 0.225 e. The van der Waals surface area contributed by atoms with Crippen LogP contribution in [0.25, 0.3) is 0 Å². The Morgan fingerprint density at radius 1 is 1.47 bits per heavy atom. The van der Waals surface area contributed by atoms with Crippen molar-refractivity contribution in [1.29, 1.82) is 0 Å². The van der Waals surface area contributed by atoms with Gasteiger partial charge in [0.25, 0.3) is 0 Å². The van der Waals surface area contributed by atoms with Gasteiger partial charge in [0, 0.05) is 6.61 Å².